The Morgan fingerprint density at radius 1 is 0.692 bits per heavy atom. The Morgan fingerprint density at radius 2 is 1.15 bits per heavy atom. The summed E-state index contributed by atoms with van der Waals surface area (Å²) in [5.74, 6) is 1.65. The molecule has 0 fully saturated rings. The van der Waals surface area contributed by atoms with Crippen molar-refractivity contribution in [2.24, 2.45) is 0 Å². The van der Waals surface area contributed by atoms with E-state index < -0.39 is 0 Å². The monoisotopic (exact) mass is 380 g/mol. The average molecular weight is 380 g/mol. The third-order valence-corrected chi connectivity index (χ3v) is 5.75. The van der Waals surface area contributed by atoms with Crippen LogP contribution in [0.2, 0.25) is 0 Å². The lowest BCUT2D eigenvalue weighted by Gasteiger charge is -2.01. The lowest BCUT2D eigenvalue weighted by atomic mass is 10.1. The molecule has 2 aromatic carbocycles. The van der Waals surface area contributed by atoms with Gasteiger partial charge in [0.1, 0.15) is 11.5 Å². The number of benzene rings is 2. The van der Waals surface area contributed by atoms with Crippen LogP contribution >= 0.6 is 22.7 Å². The summed E-state index contributed by atoms with van der Waals surface area (Å²) in [4.78, 5) is 9.51. The summed E-state index contributed by atoms with van der Waals surface area (Å²) >= 11 is 3.20. The van der Waals surface area contributed by atoms with E-state index in [1.165, 1.54) is 0 Å². The smallest absolute Gasteiger partial charge is 0.152 e. The maximum atomic E-state index is 5.29. The second-order valence-corrected chi connectivity index (χ2v) is 7.26. The Bertz CT molecular complexity index is 956. The van der Waals surface area contributed by atoms with Crippen molar-refractivity contribution < 1.29 is 9.47 Å². The van der Waals surface area contributed by atoms with Gasteiger partial charge in [0.2, 0.25) is 0 Å². The van der Waals surface area contributed by atoms with Crippen LogP contribution in [-0.4, -0.2) is 24.2 Å². The molecule has 0 aliphatic rings. The van der Waals surface area contributed by atoms with Gasteiger partial charge in [0.05, 0.1) is 25.6 Å². The molecule has 26 heavy (non-hydrogen) atoms. The summed E-state index contributed by atoms with van der Waals surface area (Å²) in [6.45, 7) is 0. The van der Waals surface area contributed by atoms with Gasteiger partial charge in [-0.1, -0.05) is 24.3 Å². The van der Waals surface area contributed by atoms with Crippen molar-refractivity contribution >= 4 is 22.7 Å². The number of ether oxygens (including phenoxy) is 2. The van der Waals surface area contributed by atoms with Gasteiger partial charge in [-0.25, -0.2) is 9.97 Å². The molecular formula is C20H16N2O2S2. The molecule has 0 amide bonds. The maximum absolute atomic E-state index is 5.29. The Balaban J connectivity index is 1.63. The zero-order valence-corrected chi connectivity index (χ0v) is 15.9. The standard InChI is InChI=1S/C20H16N2O2S2/c1-23-15-7-3-5-13(9-15)17-11-25-19(21-17)20-22-18(12-26-20)14-6-4-8-16(10-14)24-2/h3-12H,1-2H3. The highest BCUT2D eigenvalue weighted by molar-refractivity contribution is 7.20. The van der Waals surface area contributed by atoms with Crippen LogP contribution in [0.3, 0.4) is 0 Å². The fourth-order valence-electron chi connectivity index (χ4n) is 2.57. The van der Waals surface area contributed by atoms with E-state index in [1.54, 1.807) is 36.9 Å². The molecule has 0 atom stereocenters. The van der Waals surface area contributed by atoms with Crippen LogP contribution in [0.25, 0.3) is 32.5 Å². The number of hydrogen-bond acceptors (Lipinski definition) is 6. The molecule has 0 spiro atoms. The van der Waals surface area contributed by atoms with E-state index in [0.717, 1.165) is 44.0 Å². The predicted molar refractivity (Wildman–Crippen MR) is 107 cm³/mol. The van der Waals surface area contributed by atoms with Crippen LogP contribution in [0.15, 0.2) is 59.3 Å². The molecule has 0 saturated carbocycles. The first-order chi connectivity index (χ1) is 12.8. The lowest BCUT2D eigenvalue weighted by Crippen LogP contribution is -1.85. The van der Waals surface area contributed by atoms with Crippen LogP contribution in [-0.2, 0) is 0 Å². The Morgan fingerprint density at radius 3 is 1.58 bits per heavy atom. The lowest BCUT2D eigenvalue weighted by molar-refractivity contribution is 0.415. The van der Waals surface area contributed by atoms with Crippen LogP contribution in [0.4, 0.5) is 0 Å². The summed E-state index contributed by atoms with van der Waals surface area (Å²) in [5.41, 5.74) is 3.94. The van der Waals surface area contributed by atoms with Crippen molar-refractivity contribution in [2.75, 3.05) is 14.2 Å². The second-order valence-electron chi connectivity index (χ2n) is 5.54. The largest absolute Gasteiger partial charge is 0.497 e. The van der Waals surface area contributed by atoms with Crippen LogP contribution in [0.1, 0.15) is 0 Å². The van der Waals surface area contributed by atoms with Gasteiger partial charge < -0.3 is 9.47 Å². The third-order valence-electron chi connectivity index (χ3n) is 3.92. The third kappa shape index (κ3) is 3.34. The van der Waals surface area contributed by atoms with E-state index >= 15 is 0 Å². The minimum Gasteiger partial charge on any atom is -0.497 e. The minimum atomic E-state index is 0.826. The Labute approximate surface area is 159 Å². The van der Waals surface area contributed by atoms with Gasteiger partial charge in [0.25, 0.3) is 0 Å². The number of thiazole rings is 2. The normalized spacial score (nSPS) is 10.7. The molecule has 0 N–H and O–H groups in total. The van der Waals surface area contributed by atoms with Crippen molar-refractivity contribution in [3.8, 4) is 44.0 Å². The zero-order valence-electron chi connectivity index (χ0n) is 14.3. The van der Waals surface area contributed by atoms with Crippen molar-refractivity contribution in [2.45, 2.75) is 0 Å². The molecule has 130 valence electrons. The molecule has 2 aromatic heterocycles. The van der Waals surface area contributed by atoms with Crippen LogP contribution < -0.4 is 9.47 Å². The van der Waals surface area contributed by atoms with Gasteiger partial charge >= 0.3 is 0 Å². The van der Waals surface area contributed by atoms with E-state index in [4.69, 9.17) is 19.4 Å². The molecule has 0 saturated heterocycles. The average Bonchev–Trinajstić information content (AvgIpc) is 3.37. The molecule has 4 nitrogen and oxygen atoms in total. The fraction of sp³-hybridized carbons (Fsp3) is 0.100. The van der Waals surface area contributed by atoms with E-state index in [1.807, 2.05) is 48.5 Å². The number of aromatic nitrogens is 2. The highest BCUT2D eigenvalue weighted by Gasteiger charge is 2.12. The topological polar surface area (TPSA) is 44.2 Å². The Hall–Kier alpha value is -2.70. The quantitative estimate of drug-likeness (QED) is 0.451. The van der Waals surface area contributed by atoms with Gasteiger partial charge in [-0.3, -0.25) is 0 Å². The molecular weight excluding hydrogens is 364 g/mol. The highest BCUT2D eigenvalue weighted by atomic mass is 32.1. The number of hydrogen-bond donors (Lipinski definition) is 0. The van der Waals surface area contributed by atoms with Gasteiger partial charge in [0, 0.05) is 21.9 Å². The van der Waals surface area contributed by atoms with Crippen LogP contribution in [0.5, 0.6) is 11.5 Å². The number of nitrogens with zero attached hydrogens (tertiary/aromatic N) is 2. The van der Waals surface area contributed by atoms with Crippen molar-refractivity contribution in [1.29, 1.82) is 0 Å². The van der Waals surface area contributed by atoms with E-state index in [0.29, 0.717) is 0 Å². The van der Waals surface area contributed by atoms with E-state index in [2.05, 4.69) is 10.8 Å². The minimum absolute atomic E-state index is 0.826. The SMILES string of the molecule is COc1cccc(-c2csc(-c3nc(-c4cccc(OC)c4)cs3)n2)c1. The van der Waals surface area contributed by atoms with E-state index in [9.17, 15) is 0 Å². The first-order valence-corrected chi connectivity index (χ1v) is 9.73. The van der Waals surface area contributed by atoms with Crippen molar-refractivity contribution in [3.63, 3.8) is 0 Å². The summed E-state index contributed by atoms with van der Waals surface area (Å²) in [7, 11) is 3.34. The molecule has 6 heteroatoms. The van der Waals surface area contributed by atoms with Gasteiger partial charge in [-0.15, -0.1) is 22.7 Å². The summed E-state index contributed by atoms with van der Waals surface area (Å²) in [6, 6.07) is 15.8. The first-order valence-electron chi connectivity index (χ1n) is 7.97. The summed E-state index contributed by atoms with van der Waals surface area (Å²) in [5, 5.41) is 5.94. The molecule has 0 aliphatic heterocycles. The molecule has 0 radical (unpaired) electrons. The predicted octanol–water partition coefficient (Wildman–Crippen LogP) is 5.62. The molecule has 0 aliphatic carbocycles. The maximum Gasteiger partial charge on any atom is 0.152 e. The van der Waals surface area contributed by atoms with Gasteiger partial charge in [0.15, 0.2) is 10.0 Å². The van der Waals surface area contributed by atoms with Crippen LogP contribution in [0, 0.1) is 0 Å². The second kappa shape index (κ2) is 7.27. The number of rotatable bonds is 5. The first kappa shape index (κ1) is 16.8. The zero-order chi connectivity index (χ0) is 17.9. The summed E-state index contributed by atoms with van der Waals surface area (Å²) in [6.07, 6.45) is 0. The molecule has 0 bridgehead atoms. The molecule has 0 unspecified atom stereocenters. The Kier molecular flexibility index (Phi) is 4.69. The number of methoxy groups -OCH3 is 2. The van der Waals surface area contributed by atoms with Crippen molar-refractivity contribution in [1.82, 2.24) is 9.97 Å². The molecule has 4 aromatic rings. The highest BCUT2D eigenvalue weighted by Crippen LogP contribution is 2.34. The molecule has 4 rings (SSSR count). The fourth-order valence-corrected chi connectivity index (χ4v) is 4.28. The van der Waals surface area contributed by atoms with Gasteiger partial charge in [-0.05, 0) is 24.3 Å². The van der Waals surface area contributed by atoms with Crippen molar-refractivity contribution in [3.05, 3.63) is 59.3 Å². The van der Waals surface area contributed by atoms with E-state index in [-0.39, 0.29) is 0 Å². The molecule has 2 heterocycles. The summed E-state index contributed by atoms with van der Waals surface area (Å²) < 4.78 is 10.6. The van der Waals surface area contributed by atoms with Gasteiger partial charge in [-0.2, -0.15) is 0 Å².